The van der Waals surface area contributed by atoms with Crippen molar-refractivity contribution in [3.05, 3.63) is 65.3 Å². The van der Waals surface area contributed by atoms with Gasteiger partial charge in [-0.2, -0.15) is 4.98 Å². The van der Waals surface area contributed by atoms with Crippen LogP contribution in [0.5, 0.6) is 0 Å². The van der Waals surface area contributed by atoms with Crippen LogP contribution in [0.4, 0.5) is 10.1 Å². The lowest BCUT2D eigenvalue weighted by atomic mass is 10.1. The number of aromatic nitrogens is 2. The van der Waals surface area contributed by atoms with Gasteiger partial charge in [0.25, 0.3) is 0 Å². The van der Waals surface area contributed by atoms with Gasteiger partial charge in [-0.15, -0.1) is 0 Å². The Balaban J connectivity index is 1.67. The van der Waals surface area contributed by atoms with Crippen LogP contribution in [0.15, 0.2) is 47.0 Å². The number of benzene rings is 2. The molecule has 0 aliphatic rings. The molecule has 0 bridgehead atoms. The molecule has 0 fully saturated rings. The molecular formula is C17H15FN4O2. The summed E-state index contributed by atoms with van der Waals surface area (Å²) < 4.78 is 18.8. The second-order valence-corrected chi connectivity index (χ2v) is 5.27. The summed E-state index contributed by atoms with van der Waals surface area (Å²) in [6.45, 7) is 1.99. The van der Waals surface area contributed by atoms with Crippen molar-refractivity contribution in [2.45, 2.75) is 13.5 Å². The maximum atomic E-state index is 13.6. The van der Waals surface area contributed by atoms with Gasteiger partial charge in [0.05, 0.1) is 6.54 Å². The summed E-state index contributed by atoms with van der Waals surface area (Å²) in [7, 11) is 0. The molecule has 0 aliphatic heterocycles. The van der Waals surface area contributed by atoms with Crippen LogP contribution < -0.4 is 11.1 Å². The first-order chi connectivity index (χ1) is 11.5. The van der Waals surface area contributed by atoms with Crippen LogP contribution >= 0.6 is 0 Å². The van der Waals surface area contributed by atoms with Crippen LogP contribution in [0.25, 0.3) is 11.4 Å². The molecule has 24 heavy (non-hydrogen) atoms. The highest BCUT2D eigenvalue weighted by molar-refractivity contribution is 5.93. The summed E-state index contributed by atoms with van der Waals surface area (Å²) in [5.41, 5.74) is 7.51. The number of carbonyl (C=O) groups excluding carboxylic acids is 1. The van der Waals surface area contributed by atoms with Gasteiger partial charge < -0.3 is 15.6 Å². The Morgan fingerprint density at radius 3 is 2.67 bits per heavy atom. The number of halogens is 1. The van der Waals surface area contributed by atoms with E-state index in [-0.39, 0.29) is 5.82 Å². The number of amides is 1. The number of anilines is 1. The predicted octanol–water partition coefficient (Wildman–Crippen LogP) is 2.90. The Hall–Kier alpha value is -3.22. The maximum absolute atomic E-state index is 13.6. The number of carbonyl (C=O) groups is 1. The highest BCUT2D eigenvalue weighted by Crippen LogP contribution is 2.19. The second-order valence-electron chi connectivity index (χ2n) is 5.27. The zero-order valence-electron chi connectivity index (χ0n) is 12.9. The summed E-state index contributed by atoms with van der Waals surface area (Å²) in [5, 5.41) is 6.94. The van der Waals surface area contributed by atoms with Gasteiger partial charge in [-0.3, -0.25) is 4.79 Å². The minimum atomic E-state index is -0.478. The van der Waals surface area contributed by atoms with Crippen LogP contribution in [0.1, 0.15) is 21.8 Å². The molecule has 1 amide bonds. The first-order valence-corrected chi connectivity index (χ1v) is 7.26. The van der Waals surface area contributed by atoms with E-state index < -0.39 is 5.91 Å². The number of primary amides is 1. The minimum absolute atomic E-state index is 0.303. The Morgan fingerprint density at radius 2 is 2.00 bits per heavy atom. The molecule has 3 aromatic rings. The van der Waals surface area contributed by atoms with Crippen molar-refractivity contribution in [2.75, 3.05) is 5.32 Å². The molecule has 2 aromatic carbocycles. The molecule has 0 unspecified atom stereocenters. The van der Waals surface area contributed by atoms with Gasteiger partial charge in [0, 0.05) is 16.8 Å². The van der Waals surface area contributed by atoms with Gasteiger partial charge in [-0.1, -0.05) is 17.3 Å². The molecule has 0 saturated carbocycles. The summed E-state index contributed by atoms with van der Waals surface area (Å²) in [4.78, 5) is 15.2. The monoisotopic (exact) mass is 326 g/mol. The van der Waals surface area contributed by atoms with E-state index in [9.17, 15) is 9.18 Å². The van der Waals surface area contributed by atoms with Gasteiger partial charge in [0.1, 0.15) is 5.82 Å². The summed E-state index contributed by atoms with van der Waals surface area (Å²) in [5.74, 6) is -0.0975. The molecule has 3 rings (SSSR count). The average molecular weight is 326 g/mol. The zero-order chi connectivity index (χ0) is 17.1. The third kappa shape index (κ3) is 3.40. The lowest BCUT2D eigenvalue weighted by molar-refractivity contribution is 0.100. The third-order valence-electron chi connectivity index (χ3n) is 3.51. The second kappa shape index (κ2) is 6.49. The van der Waals surface area contributed by atoms with Crippen molar-refractivity contribution < 1.29 is 13.7 Å². The van der Waals surface area contributed by atoms with Crippen molar-refractivity contribution in [1.82, 2.24) is 10.1 Å². The summed E-state index contributed by atoms with van der Waals surface area (Å²) in [6.07, 6.45) is 0. The molecule has 0 atom stereocenters. The van der Waals surface area contributed by atoms with E-state index in [0.717, 1.165) is 5.69 Å². The topological polar surface area (TPSA) is 94.0 Å². The molecule has 0 spiro atoms. The molecule has 3 N–H and O–H groups in total. The third-order valence-corrected chi connectivity index (χ3v) is 3.51. The fourth-order valence-corrected chi connectivity index (χ4v) is 2.11. The number of nitrogens with two attached hydrogens (primary N) is 1. The van der Waals surface area contributed by atoms with E-state index in [4.69, 9.17) is 10.3 Å². The van der Waals surface area contributed by atoms with E-state index in [1.54, 1.807) is 43.3 Å². The zero-order valence-corrected chi connectivity index (χ0v) is 12.9. The first kappa shape index (κ1) is 15.7. The van der Waals surface area contributed by atoms with Crippen molar-refractivity contribution in [1.29, 1.82) is 0 Å². The summed E-state index contributed by atoms with van der Waals surface area (Å²) in [6, 6.07) is 11.5. The van der Waals surface area contributed by atoms with Crippen LogP contribution in [-0.2, 0) is 6.54 Å². The lowest BCUT2D eigenvalue weighted by Crippen LogP contribution is -2.10. The smallest absolute Gasteiger partial charge is 0.248 e. The highest BCUT2D eigenvalue weighted by atomic mass is 19.1. The van der Waals surface area contributed by atoms with Crippen LogP contribution in [0.3, 0.4) is 0 Å². The van der Waals surface area contributed by atoms with E-state index >= 15 is 0 Å². The largest absolute Gasteiger partial charge is 0.376 e. The van der Waals surface area contributed by atoms with Gasteiger partial charge in [0.2, 0.25) is 17.6 Å². The Kier molecular flexibility index (Phi) is 4.24. The number of hydrogen-bond donors (Lipinski definition) is 2. The van der Waals surface area contributed by atoms with Crippen LogP contribution in [-0.4, -0.2) is 16.0 Å². The highest BCUT2D eigenvalue weighted by Gasteiger charge is 2.10. The average Bonchev–Trinajstić information content (AvgIpc) is 3.05. The maximum Gasteiger partial charge on any atom is 0.248 e. The predicted molar refractivity (Wildman–Crippen MR) is 86.7 cm³/mol. The Bertz CT molecular complexity index is 875. The fraction of sp³-hybridized carbons (Fsp3) is 0.118. The molecule has 1 aromatic heterocycles. The quantitative estimate of drug-likeness (QED) is 0.752. The molecule has 0 saturated heterocycles. The number of rotatable bonds is 5. The van der Waals surface area contributed by atoms with Crippen molar-refractivity contribution in [2.24, 2.45) is 5.73 Å². The number of hydrogen-bond acceptors (Lipinski definition) is 5. The molecule has 0 aliphatic carbocycles. The lowest BCUT2D eigenvalue weighted by Gasteiger charge is -2.03. The molecular weight excluding hydrogens is 311 g/mol. The van der Waals surface area contributed by atoms with Gasteiger partial charge in [-0.05, 0) is 42.8 Å². The first-order valence-electron chi connectivity index (χ1n) is 7.26. The van der Waals surface area contributed by atoms with E-state index in [0.29, 0.717) is 35.0 Å². The Morgan fingerprint density at radius 1 is 1.25 bits per heavy atom. The molecule has 122 valence electrons. The number of aryl methyl sites for hydroxylation is 1. The molecule has 1 heterocycles. The Labute approximate surface area is 137 Å². The fourth-order valence-electron chi connectivity index (χ4n) is 2.11. The van der Waals surface area contributed by atoms with E-state index in [2.05, 4.69) is 15.5 Å². The molecule has 0 radical (unpaired) electrons. The van der Waals surface area contributed by atoms with Gasteiger partial charge >= 0.3 is 0 Å². The normalized spacial score (nSPS) is 10.6. The number of nitrogens with one attached hydrogen (secondary N) is 1. The standard InChI is InChI=1S/C17H15FN4O2/c1-10-2-3-12(8-14(10)18)17-21-15(24-22-17)9-20-13-6-4-11(5-7-13)16(19)23/h2-8,20H,9H2,1H3,(H2,19,23). The van der Waals surface area contributed by atoms with Crippen LogP contribution in [0.2, 0.25) is 0 Å². The van der Waals surface area contributed by atoms with Gasteiger partial charge in [-0.25, -0.2) is 4.39 Å². The van der Waals surface area contributed by atoms with Gasteiger partial charge in [0.15, 0.2) is 0 Å². The number of nitrogens with zero attached hydrogens (tertiary/aromatic N) is 2. The summed E-state index contributed by atoms with van der Waals surface area (Å²) >= 11 is 0. The van der Waals surface area contributed by atoms with Crippen LogP contribution in [0, 0.1) is 12.7 Å². The van der Waals surface area contributed by atoms with Crippen molar-refractivity contribution in [3.63, 3.8) is 0 Å². The van der Waals surface area contributed by atoms with E-state index in [1.165, 1.54) is 6.07 Å². The molecule has 7 heteroatoms. The van der Waals surface area contributed by atoms with Crippen molar-refractivity contribution >= 4 is 11.6 Å². The SMILES string of the molecule is Cc1ccc(-c2noc(CNc3ccc(C(N)=O)cc3)n2)cc1F. The van der Waals surface area contributed by atoms with E-state index in [1.807, 2.05) is 0 Å². The molecule has 6 nitrogen and oxygen atoms in total. The van der Waals surface area contributed by atoms with Crippen molar-refractivity contribution in [3.8, 4) is 11.4 Å². The minimum Gasteiger partial charge on any atom is -0.376 e.